The van der Waals surface area contributed by atoms with Crippen LogP contribution in [0.5, 0.6) is 0 Å². The zero-order valence-electron chi connectivity index (χ0n) is 48.5. The highest BCUT2D eigenvalue weighted by atomic mass is 35.5. The highest BCUT2D eigenvalue weighted by Crippen LogP contribution is 2.34. The fourth-order valence-electron chi connectivity index (χ4n) is 8.67. The molecule has 0 bridgehead atoms. The molecular formula is C58H71ClF3N15O6S3. The van der Waals surface area contributed by atoms with Crippen molar-refractivity contribution in [3.05, 3.63) is 124 Å². The number of nitrogens with zero attached hydrogens (tertiary/aromatic N) is 12. The first-order valence-electron chi connectivity index (χ1n) is 26.9. The number of nitrogens with two attached hydrogens (primary N) is 1. The van der Waals surface area contributed by atoms with Crippen molar-refractivity contribution >= 4 is 70.4 Å². The number of nitrogen functional groups attached to an aromatic ring is 1. The quantitative estimate of drug-likeness (QED) is 0.0762. The van der Waals surface area contributed by atoms with Gasteiger partial charge in [-0.2, -0.15) is 0 Å². The molecular weight excluding hydrogens is 1190 g/mol. The average Bonchev–Trinajstić information content (AvgIpc) is 1.85. The van der Waals surface area contributed by atoms with Crippen LogP contribution in [0.3, 0.4) is 0 Å². The van der Waals surface area contributed by atoms with Gasteiger partial charge >= 0.3 is 12.2 Å². The molecule has 460 valence electrons. The third-order valence-electron chi connectivity index (χ3n) is 12.7. The minimum absolute atomic E-state index is 0. The van der Waals surface area contributed by atoms with E-state index in [2.05, 4.69) is 57.1 Å². The van der Waals surface area contributed by atoms with Crippen molar-refractivity contribution in [3.63, 3.8) is 0 Å². The Balaban J connectivity index is 0.000000187. The molecule has 21 nitrogen and oxygen atoms in total. The molecule has 28 heteroatoms. The Hall–Kier alpha value is -7.69. The van der Waals surface area contributed by atoms with Crippen molar-refractivity contribution < 1.29 is 41.8 Å². The molecule has 0 spiro atoms. The molecule has 0 aliphatic carbocycles. The summed E-state index contributed by atoms with van der Waals surface area (Å²) in [7, 11) is 0. The predicted octanol–water partition coefficient (Wildman–Crippen LogP) is 12.1. The van der Waals surface area contributed by atoms with E-state index in [0.29, 0.717) is 61.0 Å². The molecule has 4 N–H and O–H groups in total. The number of carbonyl (C=O) groups excluding carboxylic acids is 3. The zero-order valence-corrected chi connectivity index (χ0v) is 51.8. The number of benzene rings is 3. The predicted molar refractivity (Wildman–Crippen MR) is 330 cm³/mol. The van der Waals surface area contributed by atoms with Crippen molar-refractivity contribution in [2.24, 2.45) is 10.8 Å². The molecule has 0 fully saturated rings. The van der Waals surface area contributed by atoms with Gasteiger partial charge < -0.3 is 28.7 Å². The molecule has 5 aromatic heterocycles. The van der Waals surface area contributed by atoms with E-state index in [4.69, 9.17) is 20.1 Å². The van der Waals surface area contributed by atoms with Crippen LogP contribution < -0.4 is 16.6 Å². The number of aliphatic imine (C=N–C) groups is 1. The lowest BCUT2D eigenvalue weighted by atomic mass is 10.2. The van der Waals surface area contributed by atoms with Gasteiger partial charge in [-0.05, 0) is 142 Å². The van der Waals surface area contributed by atoms with Crippen molar-refractivity contribution in [1.29, 1.82) is 0 Å². The first-order chi connectivity index (χ1) is 40.0. The first kappa shape index (κ1) is 67.4. The first-order valence-corrected chi connectivity index (χ1v) is 29.6. The van der Waals surface area contributed by atoms with E-state index in [9.17, 15) is 27.6 Å². The lowest BCUT2D eigenvalue weighted by Gasteiger charge is -2.34. The number of fused-ring (bicyclic) bond motifs is 2. The Morgan fingerprint density at radius 3 is 1.53 bits per heavy atom. The minimum atomic E-state index is -0.551. The van der Waals surface area contributed by atoms with Gasteiger partial charge in [0, 0.05) is 65.6 Å². The number of hydrazine groups is 1. The van der Waals surface area contributed by atoms with Gasteiger partial charge in [0.15, 0.2) is 17.5 Å². The summed E-state index contributed by atoms with van der Waals surface area (Å²) < 4.78 is 59.2. The molecule has 3 aliphatic heterocycles. The van der Waals surface area contributed by atoms with Gasteiger partial charge in [-0.3, -0.25) is 25.0 Å². The Labute approximate surface area is 515 Å². The summed E-state index contributed by atoms with van der Waals surface area (Å²) in [5.41, 5.74) is 5.29. The number of thiazole rings is 3. The zero-order chi connectivity index (χ0) is 60.5. The van der Waals surface area contributed by atoms with Gasteiger partial charge in [-0.1, -0.05) is 7.43 Å². The van der Waals surface area contributed by atoms with Crippen LogP contribution in [0.1, 0.15) is 111 Å². The third kappa shape index (κ3) is 17.1. The molecule has 3 atom stereocenters. The second-order valence-corrected chi connectivity index (χ2v) is 23.8. The van der Waals surface area contributed by atoms with Crippen molar-refractivity contribution in [1.82, 2.24) is 65.0 Å². The summed E-state index contributed by atoms with van der Waals surface area (Å²) in [6.45, 7) is 23.4. The second kappa shape index (κ2) is 29.6. The molecule has 3 amide bonds. The number of halogens is 4. The molecule has 8 aromatic rings. The molecule has 0 saturated heterocycles. The lowest BCUT2D eigenvalue weighted by Crippen LogP contribution is -2.50. The monoisotopic (exact) mass is 1260 g/mol. The van der Waals surface area contributed by atoms with Crippen molar-refractivity contribution in [2.75, 3.05) is 32.8 Å². The van der Waals surface area contributed by atoms with Gasteiger partial charge in [0.1, 0.15) is 72.6 Å². The Morgan fingerprint density at radius 2 is 1.07 bits per heavy atom. The standard InChI is InChI=1S/C20H22FN5O2S.C15H14FN5S.C12H22N2O3.C10H8FN3OS.CH4.ClH/c1-12-16-23-24-17(26(16)10-9-25(12)19(27)28-20(2,3)4)15-11-29-18(22-15)13-5-7-14(21)8-6-13;1-9-13-19-20-14(21(13)7-6-17-9)12-8-22-15(18-12)10-2-4-11(16)5-3-10;1-6-16-10-9(2)14(8-7-13-10)11(15)17-12(3,4)5;11-7-3-1-6(2-4-7)10-13-8(5-16-10)9(15)14-12;;/h5-8,11-12H,9-10H2,1-4H3;2-5,8-9,17H,6-7H2,1H3;9H,6-8H2,1-5H3;1-5H,12H2,(H,14,15);1H4;1H. The van der Waals surface area contributed by atoms with E-state index in [1.54, 1.807) is 51.6 Å². The van der Waals surface area contributed by atoms with Crippen LogP contribution in [0.4, 0.5) is 22.8 Å². The van der Waals surface area contributed by atoms with E-state index < -0.39 is 17.1 Å². The number of aromatic nitrogens is 9. The maximum absolute atomic E-state index is 13.2. The largest absolute Gasteiger partial charge is 0.480 e. The summed E-state index contributed by atoms with van der Waals surface area (Å²) in [6, 6.07) is 18.3. The van der Waals surface area contributed by atoms with Crippen LogP contribution in [0, 0.1) is 17.5 Å². The average molecular weight is 1260 g/mol. The number of carbonyl (C=O) groups is 3. The molecule has 3 aromatic carbocycles. The fraction of sp³-hybridized carbons (Fsp3) is 0.397. The Morgan fingerprint density at radius 1 is 0.628 bits per heavy atom. The van der Waals surface area contributed by atoms with Crippen LogP contribution in [0.15, 0.2) is 93.9 Å². The molecule has 3 aliphatic rings. The number of rotatable bonds is 7. The summed E-state index contributed by atoms with van der Waals surface area (Å²) in [6.07, 6.45) is -0.662. The van der Waals surface area contributed by atoms with Crippen molar-refractivity contribution in [2.45, 2.75) is 119 Å². The van der Waals surface area contributed by atoms with E-state index in [1.165, 1.54) is 70.4 Å². The number of amides is 3. The molecule has 11 rings (SSSR count). The van der Waals surface area contributed by atoms with Gasteiger partial charge in [0.05, 0.1) is 25.2 Å². The fourth-order valence-corrected chi connectivity index (χ4v) is 11.1. The Kier molecular flexibility index (Phi) is 23.2. The summed E-state index contributed by atoms with van der Waals surface area (Å²) in [5.74, 6) is 7.45. The van der Waals surface area contributed by atoms with Gasteiger partial charge in [0.25, 0.3) is 5.91 Å². The van der Waals surface area contributed by atoms with E-state index in [0.717, 1.165) is 57.1 Å². The lowest BCUT2D eigenvalue weighted by molar-refractivity contribution is 0.0120. The SMILES string of the molecule is C.CC1NCCn2c(-c3csc(-c4ccc(F)cc4)n3)nnc21.CC1c2nnc(-c3csc(-c4ccc(F)cc4)n3)n2CCN1C(=O)OC(C)(C)C.CCOC1=NCCN(C(=O)OC(C)(C)C)C1C.Cl.NNC(=O)c1csc(-c2ccc(F)cc2)n1. The Bertz CT molecular complexity index is 3560. The smallest absolute Gasteiger partial charge is 0.411 e. The maximum atomic E-state index is 13.2. The van der Waals surface area contributed by atoms with Crippen LogP contribution in [0.25, 0.3) is 54.7 Å². The topological polar surface area (TPSA) is 248 Å². The minimum Gasteiger partial charge on any atom is -0.480 e. The van der Waals surface area contributed by atoms with Gasteiger partial charge in [-0.25, -0.2) is 43.6 Å². The van der Waals surface area contributed by atoms with Crippen LogP contribution >= 0.6 is 46.4 Å². The van der Waals surface area contributed by atoms with Gasteiger partial charge in [0.2, 0.25) is 5.90 Å². The highest BCUT2D eigenvalue weighted by molar-refractivity contribution is 7.14. The summed E-state index contributed by atoms with van der Waals surface area (Å²) in [4.78, 5) is 56.6. The van der Waals surface area contributed by atoms with E-state index in [1.807, 2.05) is 83.1 Å². The molecule has 3 unspecified atom stereocenters. The molecule has 0 radical (unpaired) electrons. The van der Waals surface area contributed by atoms with Crippen molar-refractivity contribution in [3.8, 4) is 54.7 Å². The summed E-state index contributed by atoms with van der Waals surface area (Å²) >= 11 is 4.30. The molecule has 8 heterocycles. The second-order valence-electron chi connectivity index (χ2n) is 21.2. The third-order valence-corrected chi connectivity index (χ3v) is 15.4. The van der Waals surface area contributed by atoms with Crippen LogP contribution in [-0.2, 0) is 27.3 Å². The van der Waals surface area contributed by atoms with Crippen LogP contribution in [0.2, 0.25) is 0 Å². The number of hydrogen-bond acceptors (Lipinski definition) is 19. The number of nitrogens with one attached hydrogen (secondary N) is 2. The molecule has 0 saturated carbocycles. The van der Waals surface area contributed by atoms with Gasteiger partial charge in [-0.15, -0.1) is 66.8 Å². The maximum Gasteiger partial charge on any atom is 0.411 e. The van der Waals surface area contributed by atoms with Crippen LogP contribution in [-0.4, -0.2) is 128 Å². The summed E-state index contributed by atoms with van der Waals surface area (Å²) in [5, 5.41) is 28.4. The highest BCUT2D eigenvalue weighted by Gasteiger charge is 2.35. The van der Waals surface area contributed by atoms with E-state index in [-0.39, 0.29) is 73.3 Å². The van der Waals surface area contributed by atoms with E-state index >= 15 is 0 Å². The normalized spacial score (nSPS) is 16.1. The number of ether oxygens (including phenoxy) is 3. The number of hydrogen-bond donors (Lipinski definition) is 3. The molecule has 86 heavy (non-hydrogen) atoms.